The summed E-state index contributed by atoms with van der Waals surface area (Å²) < 4.78 is 0.775. The van der Waals surface area contributed by atoms with E-state index in [9.17, 15) is 10.0 Å². The molecule has 1 heterocycles. The molecule has 1 aliphatic heterocycles. The van der Waals surface area contributed by atoms with Crippen LogP contribution >= 0.6 is 0 Å². The van der Waals surface area contributed by atoms with Crippen molar-refractivity contribution in [2.75, 3.05) is 0 Å². The first-order valence-corrected chi connectivity index (χ1v) is 3.89. The molecule has 1 aliphatic rings. The molecule has 0 unspecified atom stereocenters. The molecule has 0 fully saturated rings. The molecule has 3 heteroatoms. The summed E-state index contributed by atoms with van der Waals surface area (Å²) in [5, 5.41) is 11.5. The van der Waals surface area contributed by atoms with E-state index in [-0.39, 0.29) is 11.5 Å². The van der Waals surface area contributed by atoms with Gasteiger partial charge in [0.1, 0.15) is 0 Å². The Hall–Kier alpha value is -1.12. The molecule has 0 spiro atoms. The van der Waals surface area contributed by atoms with E-state index in [2.05, 4.69) is 6.58 Å². The standard InChI is InChI=1S/C9H13NO2/c1-6(2)8-7(11)5-9(3,4)10(8)12/h1,5H2,2-4H3. The van der Waals surface area contributed by atoms with E-state index in [4.69, 9.17) is 0 Å². The lowest BCUT2D eigenvalue weighted by molar-refractivity contribution is -0.530. The van der Waals surface area contributed by atoms with Crippen molar-refractivity contribution >= 4 is 11.5 Å². The molecule has 0 aliphatic carbocycles. The molecule has 1 rings (SSSR count). The SMILES string of the molecule is C=C(C)C1=[N+]([O-])C(C)(C)CC1=O. The van der Waals surface area contributed by atoms with Crippen molar-refractivity contribution in [2.45, 2.75) is 32.7 Å². The van der Waals surface area contributed by atoms with Crippen molar-refractivity contribution in [3.05, 3.63) is 17.4 Å². The summed E-state index contributed by atoms with van der Waals surface area (Å²) in [5.41, 5.74) is 0.200. The van der Waals surface area contributed by atoms with Gasteiger partial charge < -0.3 is 5.21 Å². The average molecular weight is 167 g/mol. The van der Waals surface area contributed by atoms with Crippen LogP contribution in [0.3, 0.4) is 0 Å². The third-order valence-corrected chi connectivity index (χ3v) is 2.01. The number of carbonyl (C=O) groups is 1. The molecule has 0 N–H and O–H groups in total. The molecule has 0 aromatic rings. The summed E-state index contributed by atoms with van der Waals surface area (Å²) in [4.78, 5) is 11.3. The number of allylic oxidation sites excluding steroid dienone is 1. The van der Waals surface area contributed by atoms with Crippen molar-refractivity contribution in [1.82, 2.24) is 0 Å². The van der Waals surface area contributed by atoms with Gasteiger partial charge in [-0.05, 0) is 6.92 Å². The predicted molar refractivity (Wildman–Crippen MR) is 47.2 cm³/mol. The second-order valence-corrected chi connectivity index (χ2v) is 3.84. The Labute approximate surface area is 72.0 Å². The highest BCUT2D eigenvalue weighted by atomic mass is 16.5. The van der Waals surface area contributed by atoms with Crippen molar-refractivity contribution in [2.24, 2.45) is 0 Å². The van der Waals surface area contributed by atoms with Gasteiger partial charge in [0, 0.05) is 19.4 Å². The normalized spacial score (nSPS) is 21.8. The van der Waals surface area contributed by atoms with Crippen molar-refractivity contribution in [3.63, 3.8) is 0 Å². The van der Waals surface area contributed by atoms with Crippen LogP contribution in [-0.2, 0) is 4.79 Å². The fourth-order valence-corrected chi connectivity index (χ4v) is 1.38. The first-order valence-electron chi connectivity index (χ1n) is 3.89. The topological polar surface area (TPSA) is 43.1 Å². The highest BCUT2D eigenvalue weighted by Crippen LogP contribution is 2.23. The van der Waals surface area contributed by atoms with Crippen LogP contribution in [0, 0.1) is 5.21 Å². The lowest BCUT2D eigenvalue weighted by Crippen LogP contribution is -2.29. The van der Waals surface area contributed by atoms with E-state index >= 15 is 0 Å². The number of carbonyl (C=O) groups excluding carboxylic acids is 1. The molecule has 0 radical (unpaired) electrons. The quantitative estimate of drug-likeness (QED) is 0.436. The van der Waals surface area contributed by atoms with Gasteiger partial charge in [-0.25, -0.2) is 0 Å². The van der Waals surface area contributed by atoms with Gasteiger partial charge in [-0.1, -0.05) is 6.58 Å². The Morgan fingerprint density at radius 1 is 1.67 bits per heavy atom. The lowest BCUT2D eigenvalue weighted by Gasteiger charge is -2.16. The van der Waals surface area contributed by atoms with Gasteiger partial charge in [0.15, 0.2) is 5.54 Å². The molecule has 0 saturated carbocycles. The summed E-state index contributed by atoms with van der Waals surface area (Å²) in [7, 11) is 0. The van der Waals surface area contributed by atoms with Gasteiger partial charge in [-0.15, -0.1) is 0 Å². The summed E-state index contributed by atoms with van der Waals surface area (Å²) >= 11 is 0. The van der Waals surface area contributed by atoms with E-state index in [1.54, 1.807) is 20.8 Å². The molecular weight excluding hydrogens is 154 g/mol. The molecule has 66 valence electrons. The zero-order valence-electron chi connectivity index (χ0n) is 7.68. The number of ketones is 1. The van der Waals surface area contributed by atoms with Crippen LogP contribution < -0.4 is 0 Å². The highest BCUT2D eigenvalue weighted by molar-refractivity contribution is 6.44. The van der Waals surface area contributed by atoms with E-state index in [0.717, 1.165) is 4.74 Å². The minimum Gasteiger partial charge on any atom is -0.623 e. The molecule has 0 atom stereocenters. The Balaban J connectivity index is 3.20. The largest absolute Gasteiger partial charge is 0.623 e. The van der Waals surface area contributed by atoms with E-state index in [1.807, 2.05) is 0 Å². The summed E-state index contributed by atoms with van der Waals surface area (Å²) in [6, 6.07) is 0. The van der Waals surface area contributed by atoms with Gasteiger partial charge in [0.2, 0.25) is 5.78 Å². The second kappa shape index (κ2) is 2.44. The second-order valence-electron chi connectivity index (χ2n) is 3.84. The summed E-state index contributed by atoms with van der Waals surface area (Å²) in [5.74, 6) is -0.0949. The molecule has 12 heavy (non-hydrogen) atoms. The highest BCUT2D eigenvalue weighted by Gasteiger charge is 2.43. The van der Waals surface area contributed by atoms with Crippen molar-refractivity contribution in [1.29, 1.82) is 0 Å². The minimum atomic E-state index is -0.592. The maximum absolute atomic E-state index is 11.5. The summed E-state index contributed by atoms with van der Waals surface area (Å²) in [6.07, 6.45) is 0.290. The Bertz CT molecular complexity index is 287. The van der Waals surface area contributed by atoms with Gasteiger partial charge in [0.05, 0.1) is 6.42 Å². The fourth-order valence-electron chi connectivity index (χ4n) is 1.38. The van der Waals surface area contributed by atoms with Gasteiger partial charge in [-0.2, -0.15) is 4.74 Å². The van der Waals surface area contributed by atoms with Crippen LogP contribution in [0.1, 0.15) is 27.2 Å². The third-order valence-electron chi connectivity index (χ3n) is 2.01. The van der Waals surface area contributed by atoms with E-state index in [0.29, 0.717) is 12.0 Å². The maximum atomic E-state index is 11.5. The lowest BCUT2D eigenvalue weighted by atomic mass is 10.0. The first-order chi connectivity index (χ1) is 5.36. The van der Waals surface area contributed by atoms with Crippen LogP contribution in [0.5, 0.6) is 0 Å². The van der Waals surface area contributed by atoms with Crippen molar-refractivity contribution in [3.8, 4) is 0 Å². The third kappa shape index (κ3) is 1.15. The number of rotatable bonds is 1. The molecular formula is C9H13NO2. The van der Waals surface area contributed by atoms with E-state index in [1.165, 1.54) is 0 Å². The van der Waals surface area contributed by atoms with Crippen LogP contribution in [0.25, 0.3) is 0 Å². The van der Waals surface area contributed by atoms with Gasteiger partial charge in [-0.3, -0.25) is 4.79 Å². The van der Waals surface area contributed by atoms with Crippen LogP contribution in [-0.4, -0.2) is 21.8 Å². The first kappa shape index (κ1) is 8.97. The number of hydrogen-bond donors (Lipinski definition) is 0. The maximum Gasteiger partial charge on any atom is 0.257 e. The van der Waals surface area contributed by atoms with Gasteiger partial charge in [0.25, 0.3) is 5.71 Å². The molecule has 0 saturated heterocycles. The molecule has 0 bridgehead atoms. The number of Topliss-reactive ketones (excluding diaryl/α,β-unsaturated/α-hetero) is 1. The number of hydroxylamine groups is 1. The van der Waals surface area contributed by atoms with Crippen molar-refractivity contribution < 1.29 is 9.53 Å². The zero-order chi connectivity index (χ0) is 9.52. The fraction of sp³-hybridized carbons (Fsp3) is 0.556. The van der Waals surface area contributed by atoms with Crippen LogP contribution in [0.2, 0.25) is 0 Å². The smallest absolute Gasteiger partial charge is 0.257 e. The monoisotopic (exact) mass is 167 g/mol. The predicted octanol–water partition coefficient (Wildman–Crippen LogP) is 1.27. The van der Waals surface area contributed by atoms with E-state index < -0.39 is 5.54 Å². The molecule has 0 amide bonds. The minimum absolute atomic E-state index is 0.0949. The average Bonchev–Trinajstić information content (AvgIpc) is 2.02. The van der Waals surface area contributed by atoms with Gasteiger partial charge >= 0.3 is 0 Å². The zero-order valence-corrected chi connectivity index (χ0v) is 7.68. The molecule has 0 aromatic heterocycles. The Morgan fingerprint density at radius 3 is 2.33 bits per heavy atom. The number of nitrogens with zero attached hydrogens (tertiary/aromatic N) is 1. The van der Waals surface area contributed by atoms with Crippen LogP contribution in [0.15, 0.2) is 12.2 Å². The molecule has 3 nitrogen and oxygen atoms in total. The van der Waals surface area contributed by atoms with Crippen LogP contribution in [0.4, 0.5) is 0 Å². The number of hydrogen-bond acceptors (Lipinski definition) is 2. The Kier molecular flexibility index (Phi) is 1.82. The Morgan fingerprint density at radius 2 is 2.17 bits per heavy atom. The summed E-state index contributed by atoms with van der Waals surface area (Å²) in [6.45, 7) is 8.80. The molecule has 0 aromatic carbocycles.